The number of nitrogens with two attached hydrogens (primary N) is 1. The third-order valence-electron chi connectivity index (χ3n) is 3.67. The van der Waals surface area contributed by atoms with E-state index in [4.69, 9.17) is 5.73 Å². The van der Waals surface area contributed by atoms with E-state index in [2.05, 4.69) is 36.0 Å². The Morgan fingerprint density at radius 1 is 1.31 bits per heavy atom. The summed E-state index contributed by atoms with van der Waals surface area (Å²) in [5.41, 5.74) is 6.70. The smallest absolute Gasteiger partial charge is 0.303 e. The molecule has 0 aliphatic carbocycles. The summed E-state index contributed by atoms with van der Waals surface area (Å²) in [6.45, 7) is 2.56. The fourth-order valence-electron chi connectivity index (χ4n) is 2.44. The van der Waals surface area contributed by atoms with Crippen molar-refractivity contribution in [1.82, 2.24) is 24.7 Å². The van der Waals surface area contributed by atoms with Gasteiger partial charge in [0.15, 0.2) is 5.82 Å². The van der Waals surface area contributed by atoms with E-state index in [9.17, 15) is 13.6 Å². The molecule has 0 spiro atoms. The first kappa shape index (κ1) is 18.3. The van der Waals surface area contributed by atoms with Crippen LogP contribution in [0.1, 0.15) is 31.1 Å². The summed E-state index contributed by atoms with van der Waals surface area (Å²) >= 11 is 3.33. The van der Waals surface area contributed by atoms with Crippen molar-refractivity contribution in [3.05, 3.63) is 40.1 Å². The average Bonchev–Trinajstić information content (AvgIpc) is 2.89. The molecule has 0 unspecified atom stereocenters. The molecule has 0 saturated carbocycles. The van der Waals surface area contributed by atoms with E-state index >= 15 is 0 Å². The number of alkyl halides is 2. The maximum absolute atomic E-state index is 13.8. The number of aromatic nitrogens is 5. The van der Waals surface area contributed by atoms with Crippen molar-refractivity contribution < 1.29 is 13.6 Å². The second-order valence-corrected chi connectivity index (χ2v) is 6.57. The van der Waals surface area contributed by atoms with Gasteiger partial charge in [-0.1, -0.05) is 6.92 Å². The van der Waals surface area contributed by atoms with E-state index < -0.39 is 17.7 Å². The number of aryl methyl sites for hydroxylation is 1. The second-order valence-electron chi connectivity index (χ2n) is 5.82. The number of carbonyl (C=O) groups excluding carboxylic acids is 1. The number of fused-ring (bicyclic) bond motifs is 1. The number of carbonyl (C=O) groups is 1. The highest BCUT2D eigenvalue weighted by Crippen LogP contribution is 2.28. The van der Waals surface area contributed by atoms with Crippen LogP contribution in [-0.2, 0) is 23.6 Å². The van der Waals surface area contributed by atoms with Gasteiger partial charge in [-0.15, -0.1) is 0 Å². The van der Waals surface area contributed by atoms with Gasteiger partial charge < -0.3 is 5.73 Å². The van der Waals surface area contributed by atoms with Crippen molar-refractivity contribution in [1.29, 1.82) is 0 Å². The van der Waals surface area contributed by atoms with Crippen molar-refractivity contribution in [2.45, 2.75) is 32.6 Å². The summed E-state index contributed by atoms with van der Waals surface area (Å²) in [5, 5.41) is 4.97. The Morgan fingerprint density at radius 2 is 2.04 bits per heavy atom. The maximum atomic E-state index is 13.8. The molecule has 0 aliphatic rings. The number of hydrogen-bond acceptors (Lipinski definition) is 5. The molecule has 1 amide bonds. The molecule has 10 heteroatoms. The van der Waals surface area contributed by atoms with Crippen molar-refractivity contribution in [3.8, 4) is 5.82 Å². The summed E-state index contributed by atoms with van der Waals surface area (Å²) < 4.78 is 29.4. The Kier molecular flexibility index (Phi) is 4.70. The second kappa shape index (κ2) is 6.67. The molecule has 3 rings (SSSR count). The molecule has 0 aromatic carbocycles. The molecule has 7 nitrogen and oxygen atoms in total. The lowest BCUT2D eigenvalue weighted by Gasteiger charge is -2.12. The Hall–Kier alpha value is -2.49. The lowest BCUT2D eigenvalue weighted by molar-refractivity contribution is -0.117. The molecule has 0 radical (unpaired) electrons. The molecule has 0 aliphatic heterocycles. The fraction of sp³-hybridized carbons (Fsp3) is 0.312. The minimum Gasteiger partial charge on any atom is -0.369 e. The molecular formula is C16H15BrF2N6O. The molecular weight excluding hydrogens is 410 g/mol. The van der Waals surface area contributed by atoms with Crippen molar-refractivity contribution in [3.63, 3.8) is 0 Å². The Bertz CT molecular complexity index is 998. The first-order valence-corrected chi connectivity index (χ1v) is 8.56. The fourth-order valence-corrected chi connectivity index (χ4v) is 2.90. The summed E-state index contributed by atoms with van der Waals surface area (Å²) in [6, 6.07) is 3.23. The van der Waals surface area contributed by atoms with Gasteiger partial charge in [-0.05, 0) is 28.4 Å². The molecule has 3 aromatic heterocycles. The van der Waals surface area contributed by atoms with E-state index in [0.29, 0.717) is 33.3 Å². The number of halogens is 3. The van der Waals surface area contributed by atoms with Crippen LogP contribution >= 0.6 is 15.9 Å². The van der Waals surface area contributed by atoms with Gasteiger partial charge in [-0.25, -0.2) is 14.6 Å². The number of hydrogen-bond donors (Lipinski definition) is 1. The molecule has 2 N–H and O–H groups in total. The Balaban J connectivity index is 2.23. The van der Waals surface area contributed by atoms with Gasteiger partial charge in [-0.3, -0.25) is 9.78 Å². The molecule has 0 fully saturated rings. The molecule has 0 bridgehead atoms. The highest BCUT2D eigenvalue weighted by Gasteiger charge is 2.29. The van der Waals surface area contributed by atoms with Crippen LogP contribution in [0.15, 0.2) is 22.9 Å². The lowest BCUT2D eigenvalue weighted by atomic mass is 10.2. The topological polar surface area (TPSA) is 99.6 Å². The van der Waals surface area contributed by atoms with E-state index in [1.54, 1.807) is 18.3 Å². The van der Waals surface area contributed by atoms with Crippen LogP contribution in [0.5, 0.6) is 0 Å². The maximum Gasteiger partial charge on any atom is 0.303 e. The summed E-state index contributed by atoms with van der Waals surface area (Å²) in [5.74, 6) is -4.07. The van der Waals surface area contributed by atoms with Gasteiger partial charge in [0, 0.05) is 24.9 Å². The van der Waals surface area contributed by atoms with Crippen LogP contribution < -0.4 is 5.73 Å². The first-order valence-electron chi connectivity index (χ1n) is 7.77. The Labute approximate surface area is 155 Å². The number of pyridine rings is 1. The normalized spacial score (nSPS) is 11.9. The van der Waals surface area contributed by atoms with Crippen LogP contribution in [0.25, 0.3) is 16.7 Å². The van der Waals surface area contributed by atoms with Crippen LogP contribution in [0.3, 0.4) is 0 Å². The predicted molar refractivity (Wildman–Crippen MR) is 94.0 cm³/mol. The highest BCUT2D eigenvalue weighted by molar-refractivity contribution is 9.10. The van der Waals surface area contributed by atoms with Crippen molar-refractivity contribution in [2.75, 3.05) is 0 Å². The molecule has 0 saturated heterocycles. The van der Waals surface area contributed by atoms with Crippen LogP contribution in [-0.4, -0.2) is 30.6 Å². The third kappa shape index (κ3) is 3.55. The quantitative estimate of drug-likeness (QED) is 0.678. The van der Waals surface area contributed by atoms with Gasteiger partial charge in [-0.2, -0.15) is 13.9 Å². The van der Waals surface area contributed by atoms with E-state index in [1.807, 2.05) is 6.92 Å². The molecule has 3 aromatic rings. The van der Waals surface area contributed by atoms with Gasteiger partial charge in [0.2, 0.25) is 11.7 Å². The standard InChI is InChI=1S/C16H15BrF2N6O/c1-3-8-6-13(23-15(22-8)16(2,18)19)25-11-4-9(5-12(20)26)21-7-10(11)14(17)24-25/h4,6-7H,3,5H2,1-2H3,(H2,20,26). The van der Waals surface area contributed by atoms with E-state index in [-0.39, 0.29) is 12.2 Å². The van der Waals surface area contributed by atoms with Crippen LogP contribution in [0, 0.1) is 0 Å². The zero-order valence-corrected chi connectivity index (χ0v) is 15.6. The summed E-state index contributed by atoms with van der Waals surface area (Å²) in [4.78, 5) is 23.2. The number of amides is 1. The van der Waals surface area contributed by atoms with Gasteiger partial charge in [0.25, 0.3) is 0 Å². The number of rotatable bonds is 5. The first-order chi connectivity index (χ1) is 12.2. The summed E-state index contributed by atoms with van der Waals surface area (Å²) in [7, 11) is 0. The monoisotopic (exact) mass is 424 g/mol. The molecule has 3 heterocycles. The van der Waals surface area contributed by atoms with E-state index in [1.165, 1.54) is 4.68 Å². The molecule has 26 heavy (non-hydrogen) atoms. The average molecular weight is 425 g/mol. The van der Waals surface area contributed by atoms with Gasteiger partial charge in [0.1, 0.15) is 4.60 Å². The molecule has 136 valence electrons. The zero-order chi connectivity index (χ0) is 19.1. The predicted octanol–water partition coefficient (Wildman–Crippen LogP) is 2.67. The third-order valence-corrected chi connectivity index (χ3v) is 4.26. The molecule has 0 atom stereocenters. The zero-order valence-electron chi connectivity index (χ0n) is 14.0. The Morgan fingerprint density at radius 3 is 2.65 bits per heavy atom. The number of nitrogens with zero attached hydrogens (tertiary/aromatic N) is 5. The minimum absolute atomic E-state index is 0.0407. The highest BCUT2D eigenvalue weighted by atomic mass is 79.9. The number of primary amides is 1. The van der Waals surface area contributed by atoms with Crippen LogP contribution in [0.4, 0.5) is 8.78 Å². The van der Waals surface area contributed by atoms with Crippen molar-refractivity contribution >= 4 is 32.7 Å². The van der Waals surface area contributed by atoms with Crippen LogP contribution in [0.2, 0.25) is 0 Å². The summed E-state index contributed by atoms with van der Waals surface area (Å²) in [6.07, 6.45) is 1.97. The van der Waals surface area contributed by atoms with E-state index in [0.717, 1.165) is 6.92 Å². The van der Waals surface area contributed by atoms with Crippen molar-refractivity contribution in [2.24, 2.45) is 5.73 Å². The minimum atomic E-state index is -3.18. The largest absolute Gasteiger partial charge is 0.369 e. The lowest BCUT2D eigenvalue weighted by Crippen LogP contribution is -2.16. The van der Waals surface area contributed by atoms with Gasteiger partial charge in [0.05, 0.1) is 23.0 Å². The van der Waals surface area contributed by atoms with Gasteiger partial charge >= 0.3 is 5.92 Å². The SMILES string of the molecule is CCc1cc(-n2nc(Br)c3cnc(CC(N)=O)cc32)nc(C(C)(F)F)n1.